The summed E-state index contributed by atoms with van der Waals surface area (Å²) < 4.78 is 70.8. The first kappa shape index (κ1) is 19.2. The Balaban J connectivity index is 1.89. The van der Waals surface area contributed by atoms with Crippen LogP contribution in [0.25, 0.3) is 11.3 Å². The van der Waals surface area contributed by atoms with Gasteiger partial charge >= 0.3 is 6.18 Å². The van der Waals surface area contributed by atoms with E-state index in [2.05, 4.69) is 9.71 Å². The molecule has 0 fully saturated rings. The molecule has 1 aromatic heterocycles. The maximum atomic E-state index is 12.9. The molecule has 0 saturated heterocycles. The van der Waals surface area contributed by atoms with E-state index in [4.69, 9.17) is 16.0 Å². The number of sulfonamides is 1. The van der Waals surface area contributed by atoms with Crippen LogP contribution >= 0.6 is 11.6 Å². The Hall–Kier alpha value is -2.52. The lowest BCUT2D eigenvalue weighted by Crippen LogP contribution is -2.15. The molecule has 1 heterocycles. The fourth-order valence-electron chi connectivity index (χ4n) is 2.30. The molecule has 0 aliphatic carbocycles. The summed E-state index contributed by atoms with van der Waals surface area (Å²) in [6.45, 7) is 1.69. The monoisotopic (exact) mass is 416 g/mol. The van der Waals surface area contributed by atoms with Crippen LogP contribution in [0.5, 0.6) is 0 Å². The van der Waals surface area contributed by atoms with E-state index >= 15 is 0 Å². The number of benzene rings is 2. The zero-order valence-corrected chi connectivity index (χ0v) is 15.3. The molecule has 0 bridgehead atoms. The SMILES string of the molecule is Cc1nc(-c2ccc(NS(=O)(=O)c3cc(C(F)(F)F)ccc3Cl)cc2)co1. The number of anilines is 1. The van der Waals surface area contributed by atoms with Gasteiger partial charge in [0.25, 0.3) is 10.0 Å². The average Bonchev–Trinajstić information content (AvgIpc) is 3.01. The zero-order chi connectivity index (χ0) is 19.8. The number of nitrogens with zero attached hydrogens (tertiary/aromatic N) is 1. The van der Waals surface area contributed by atoms with Crippen LogP contribution in [0.1, 0.15) is 11.5 Å². The third-order valence-corrected chi connectivity index (χ3v) is 5.46. The van der Waals surface area contributed by atoms with Crippen LogP contribution < -0.4 is 4.72 Å². The van der Waals surface area contributed by atoms with Crippen molar-refractivity contribution in [2.75, 3.05) is 4.72 Å². The van der Waals surface area contributed by atoms with Crippen LogP contribution in [-0.4, -0.2) is 13.4 Å². The number of nitrogens with one attached hydrogen (secondary N) is 1. The minimum Gasteiger partial charge on any atom is -0.449 e. The van der Waals surface area contributed by atoms with Crippen molar-refractivity contribution in [3.63, 3.8) is 0 Å². The summed E-state index contributed by atoms with van der Waals surface area (Å²) in [6.07, 6.45) is -3.23. The van der Waals surface area contributed by atoms with Crippen molar-refractivity contribution in [1.29, 1.82) is 0 Å². The third-order valence-electron chi connectivity index (χ3n) is 3.60. The molecule has 0 saturated carbocycles. The van der Waals surface area contributed by atoms with E-state index in [9.17, 15) is 21.6 Å². The summed E-state index contributed by atoms with van der Waals surface area (Å²) in [6, 6.07) is 8.23. The summed E-state index contributed by atoms with van der Waals surface area (Å²) in [5.41, 5.74) is 0.311. The van der Waals surface area contributed by atoms with E-state index in [1.54, 1.807) is 19.1 Å². The van der Waals surface area contributed by atoms with Crippen molar-refractivity contribution in [2.45, 2.75) is 18.0 Å². The van der Waals surface area contributed by atoms with Crippen molar-refractivity contribution in [3.8, 4) is 11.3 Å². The van der Waals surface area contributed by atoms with Crippen molar-refractivity contribution in [3.05, 3.63) is 65.2 Å². The quantitative estimate of drug-likeness (QED) is 0.640. The molecule has 2 aromatic carbocycles. The first-order valence-electron chi connectivity index (χ1n) is 7.48. The molecule has 0 spiro atoms. The molecule has 1 N–H and O–H groups in total. The standard InChI is InChI=1S/C17H12ClF3N2O3S/c1-10-22-15(9-26-10)11-2-5-13(6-3-11)23-27(24,25)16-8-12(17(19,20)21)4-7-14(16)18/h2-9,23H,1H3. The van der Waals surface area contributed by atoms with Gasteiger partial charge in [-0.15, -0.1) is 0 Å². The normalized spacial score (nSPS) is 12.2. The van der Waals surface area contributed by atoms with Gasteiger partial charge in [-0.1, -0.05) is 23.7 Å². The summed E-state index contributed by atoms with van der Waals surface area (Å²) in [5.74, 6) is 0.481. The molecule has 0 atom stereocenters. The third kappa shape index (κ3) is 4.25. The van der Waals surface area contributed by atoms with E-state index in [1.165, 1.54) is 18.4 Å². The number of alkyl halides is 3. The maximum absolute atomic E-state index is 12.9. The molecular weight excluding hydrogens is 405 g/mol. The van der Waals surface area contributed by atoms with E-state index in [1.807, 2.05) is 0 Å². The Bertz CT molecular complexity index is 1080. The summed E-state index contributed by atoms with van der Waals surface area (Å²) in [7, 11) is -4.32. The van der Waals surface area contributed by atoms with Gasteiger partial charge < -0.3 is 4.42 Å². The minimum atomic E-state index is -4.69. The number of aryl methyl sites for hydroxylation is 1. The summed E-state index contributed by atoms with van der Waals surface area (Å²) >= 11 is 5.80. The lowest BCUT2D eigenvalue weighted by atomic mass is 10.1. The number of rotatable bonds is 4. The van der Waals surface area contributed by atoms with Crippen LogP contribution in [0.2, 0.25) is 5.02 Å². The van der Waals surface area contributed by atoms with Crippen molar-refractivity contribution < 1.29 is 26.0 Å². The first-order chi connectivity index (χ1) is 12.6. The molecule has 10 heteroatoms. The topological polar surface area (TPSA) is 72.2 Å². The van der Waals surface area contributed by atoms with Gasteiger partial charge in [-0.2, -0.15) is 13.2 Å². The van der Waals surface area contributed by atoms with E-state index in [0.717, 1.165) is 12.1 Å². The second-order valence-electron chi connectivity index (χ2n) is 5.58. The predicted octanol–water partition coefficient (Wildman–Crippen LogP) is 5.12. The van der Waals surface area contributed by atoms with Gasteiger partial charge in [-0.25, -0.2) is 13.4 Å². The van der Waals surface area contributed by atoms with E-state index in [0.29, 0.717) is 23.2 Å². The van der Waals surface area contributed by atoms with E-state index in [-0.39, 0.29) is 10.7 Å². The second-order valence-corrected chi connectivity index (χ2v) is 7.64. The van der Waals surface area contributed by atoms with Gasteiger partial charge in [0.1, 0.15) is 16.9 Å². The highest BCUT2D eigenvalue weighted by Gasteiger charge is 2.32. The lowest BCUT2D eigenvalue weighted by Gasteiger charge is -2.12. The second kappa shape index (κ2) is 6.90. The largest absolute Gasteiger partial charge is 0.449 e. The van der Waals surface area contributed by atoms with Gasteiger partial charge in [0.2, 0.25) is 0 Å². The highest BCUT2D eigenvalue weighted by molar-refractivity contribution is 7.92. The van der Waals surface area contributed by atoms with Gasteiger partial charge in [0.05, 0.1) is 10.6 Å². The molecule has 0 unspecified atom stereocenters. The van der Waals surface area contributed by atoms with Crippen LogP contribution in [0.4, 0.5) is 18.9 Å². The molecule has 5 nitrogen and oxygen atoms in total. The van der Waals surface area contributed by atoms with Gasteiger partial charge in [0, 0.05) is 18.2 Å². The average molecular weight is 417 g/mol. The van der Waals surface area contributed by atoms with Crippen molar-refractivity contribution in [1.82, 2.24) is 4.98 Å². The summed E-state index contributed by atoms with van der Waals surface area (Å²) in [5, 5.41) is -0.315. The smallest absolute Gasteiger partial charge is 0.416 e. The zero-order valence-electron chi connectivity index (χ0n) is 13.7. The fraction of sp³-hybridized carbons (Fsp3) is 0.118. The van der Waals surface area contributed by atoms with Crippen LogP contribution in [-0.2, 0) is 16.2 Å². The molecule has 0 aliphatic heterocycles. The van der Waals surface area contributed by atoms with Crippen LogP contribution in [0.15, 0.2) is 58.0 Å². The Morgan fingerprint density at radius 2 is 1.78 bits per heavy atom. The van der Waals surface area contributed by atoms with Gasteiger partial charge in [0.15, 0.2) is 5.89 Å². The molecule has 0 amide bonds. The molecule has 3 rings (SSSR count). The number of hydrogen-bond acceptors (Lipinski definition) is 4. The fourth-order valence-corrected chi connectivity index (χ4v) is 3.89. The lowest BCUT2D eigenvalue weighted by molar-refractivity contribution is -0.137. The molecule has 0 aliphatic rings. The Labute approximate surface area is 157 Å². The minimum absolute atomic E-state index is 0.160. The van der Waals surface area contributed by atoms with E-state index < -0.39 is 26.7 Å². The number of oxazole rings is 1. The maximum Gasteiger partial charge on any atom is 0.416 e. The Kier molecular flexibility index (Phi) is 4.92. The highest BCUT2D eigenvalue weighted by atomic mass is 35.5. The molecule has 0 radical (unpaired) electrons. The van der Waals surface area contributed by atoms with Gasteiger partial charge in [-0.3, -0.25) is 4.72 Å². The summed E-state index contributed by atoms with van der Waals surface area (Å²) in [4.78, 5) is 3.49. The number of hydrogen-bond donors (Lipinski definition) is 1. The van der Waals surface area contributed by atoms with Crippen LogP contribution in [0, 0.1) is 6.92 Å². The van der Waals surface area contributed by atoms with Crippen molar-refractivity contribution >= 4 is 27.3 Å². The van der Waals surface area contributed by atoms with Gasteiger partial charge in [-0.05, 0) is 30.3 Å². The Morgan fingerprint density at radius 3 is 2.33 bits per heavy atom. The number of halogens is 4. The predicted molar refractivity (Wildman–Crippen MR) is 93.9 cm³/mol. The molecule has 142 valence electrons. The first-order valence-corrected chi connectivity index (χ1v) is 9.34. The van der Waals surface area contributed by atoms with Crippen molar-refractivity contribution in [2.24, 2.45) is 0 Å². The molecule has 3 aromatic rings. The molecule has 27 heavy (non-hydrogen) atoms. The molecular formula is C17H12ClF3N2O3S. The van der Waals surface area contributed by atoms with Crippen LogP contribution in [0.3, 0.4) is 0 Å². The Morgan fingerprint density at radius 1 is 1.11 bits per heavy atom. The number of aromatic nitrogens is 1. The highest BCUT2D eigenvalue weighted by Crippen LogP contribution is 2.34.